The number of rotatable bonds is 22. The minimum absolute atomic E-state index is 0.781. The van der Waals surface area contributed by atoms with E-state index in [2.05, 4.69) is 93.7 Å². The SMILES string of the molecule is CC[Si](CC)O[Si](CC)(CC)O[Si](CC)(CC)S[Si](CC)(CC)O[Si](CC)(CC)O[Si](CC)CC. The molecule has 2 radical (unpaired) electrons. The lowest BCUT2D eigenvalue weighted by atomic mass is 10.9. The molecular weight excluding hydrogens is 553 g/mol. The van der Waals surface area contributed by atoms with Crippen molar-refractivity contribution in [1.29, 1.82) is 0 Å². The lowest BCUT2D eigenvalue weighted by molar-refractivity contribution is 0.380. The van der Waals surface area contributed by atoms with Crippen molar-refractivity contribution in [3.8, 4) is 0 Å². The molecule has 210 valence electrons. The highest BCUT2D eigenvalue weighted by atomic mass is 32.5. The van der Waals surface area contributed by atoms with Crippen LogP contribution in [0.1, 0.15) is 83.1 Å². The van der Waals surface area contributed by atoms with Gasteiger partial charge in [0, 0.05) is 0 Å². The summed E-state index contributed by atoms with van der Waals surface area (Å²) in [5.74, 6) is 0. The third kappa shape index (κ3) is 10.5. The second-order valence-electron chi connectivity index (χ2n) is 9.47. The van der Waals surface area contributed by atoms with Crippen molar-refractivity contribution >= 4 is 60.8 Å². The summed E-state index contributed by atoms with van der Waals surface area (Å²) in [4.78, 5) is 0. The second kappa shape index (κ2) is 18.0. The minimum Gasteiger partial charge on any atom is -0.436 e. The molecule has 11 heteroatoms. The lowest BCUT2D eigenvalue weighted by Crippen LogP contribution is -2.58. The third-order valence-electron chi connectivity index (χ3n) is 7.66. The molecule has 0 unspecified atom stereocenters. The van der Waals surface area contributed by atoms with Gasteiger partial charge in [-0.15, -0.1) is 0 Å². The normalized spacial score (nSPS) is 13.9. The second-order valence-corrected chi connectivity index (χ2v) is 37.8. The Kier molecular flexibility index (Phi) is 18.7. The predicted octanol–water partition coefficient (Wildman–Crippen LogP) is 9.78. The molecule has 0 amide bonds. The molecule has 35 heavy (non-hydrogen) atoms. The van der Waals surface area contributed by atoms with Crippen LogP contribution in [0.4, 0.5) is 0 Å². The zero-order chi connectivity index (χ0) is 27.2. The fraction of sp³-hybridized carbons (Fsp3) is 1.00. The average Bonchev–Trinajstić information content (AvgIpc) is 2.92. The van der Waals surface area contributed by atoms with Crippen molar-refractivity contribution in [2.24, 2.45) is 0 Å². The van der Waals surface area contributed by atoms with Crippen molar-refractivity contribution in [2.45, 2.75) is 156 Å². The summed E-state index contributed by atoms with van der Waals surface area (Å²) in [5.41, 5.74) is 0. The summed E-state index contributed by atoms with van der Waals surface area (Å²) in [6.45, 7) is 27.9. The van der Waals surface area contributed by atoms with Gasteiger partial charge in [0.15, 0.2) is 18.1 Å². The van der Waals surface area contributed by atoms with E-state index in [0.717, 1.165) is 48.4 Å². The lowest BCUT2D eigenvalue weighted by Gasteiger charge is -2.47. The van der Waals surface area contributed by atoms with Gasteiger partial charge in [0.05, 0.1) is 0 Å². The summed E-state index contributed by atoms with van der Waals surface area (Å²) in [7, 11) is -7.95. The highest BCUT2D eigenvalue weighted by Crippen LogP contribution is 2.46. The van der Waals surface area contributed by atoms with E-state index in [1.807, 2.05) is 0 Å². The smallest absolute Gasteiger partial charge is 0.317 e. The van der Waals surface area contributed by atoms with Gasteiger partial charge < -0.3 is 16.5 Å². The summed E-state index contributed by atoms with van der Waals surface area (Å²) in [5, 5.41) is 0. The zero-order valence-corrected chi connectivity index (χ0v) is 32.3. The van der Waals surface area contributed by atoms with E-state index < -0.39 is 50.1 Å². The first kappa shape index (κ1) is 36.5. The Morgan fingerprint density at radius 1 is 0.429 bits per heavy atom. The predicted molar refractivity (Wildman–Crippen MR) is 172 cm³/mol. The third-order valence-corrected chi connectivity index (χ3v) is 45.3. The van der Waals surface area contributed by atoms with E-state index in [0.29, 0.717) is 0 Å². The van der Waals surface area contributed by atoms with Crippen LogP contribution < -0.4 is 0 Å². The van der Waals surface area contributed by atoms with E-state index in [1.54, 1.807) is 0 Å². The highest BCUT2D eigenvalue weighted by molar-refractivity contribution is 8.49. The molecular formula is C24H60O4SSi6. The fourth-order valence-corrected chi connectivity index (χ4v) is 49.9. The van der Waals surface area contributed by atoms with Crippen molar-refractivity contribution in [1.82, 2.24) is 0 Å². The molecule has 0 aromatic carbocycles. The Bertz CT molecular complexity index is 490. The van der Waals surface area contributed by atoms with Crippen LogP contribution in [-0.2, 0) is 16.5 Å². The Hall–Kier alpha value is 1.49. The first-order valence-corrected chi connectivity index (χ1v) is 29.8. The first-order valence-electron chi connectivity index (χ1n) is 14.8. The molecule has 0 bridgehead atoms. The quantitative estimate of drug-likeness (QED) is 0.114. The number of hydrogen-bond acceptors (Lipinski definition) is 5. The van der Waals surface area contributed by atoms with E-state index in [1.165, 1.54) is 24.2 Å². The molecule has 0 rings (SSSR count). The van der Waals surface area contributed by atoms with Gasteiger partial charge >= 0.3 is 17.1 Å². The van der Waals surface area contributed by atoms with Crippen molar-refractivity contribution in [3.63, 3.8) is 0 Å². The van der Waals surface area contributed by atoms with Crippen LogP contribution >= 0.6 is 10.7 Å². The van der Waals surface area contributed by atoms with E-state index >= 15 is 0 Å². The fourth-order valence-electron chi connectivity index (χ4n) is 4.57. The molecule has 4 nitrogen and oxygen atoms in total. The van der Waals surface area contributed by atoms with E-state index in [9.17, 15) is 0 Å². The molecule has 0 aromatic heterocycles. The standard InChI is InChI=1S/C24H60O4SSi6/c1-13-30(14-2)25-32(17-5,18-6)27-34(21-9,22-10)29-35(23-11,24-12)28-33(19-7,20-8)26-31(15-3)16-4/h13-24H2,1-12H3. The van der Waals surface area contributed by atoms with Gasteiger partial charge in [-0.25, -0.2) is 0 Å². The largest absolute Gasteiger partial charge is 0.436 e. The molecule has 0 N–H and O–H groups in total. The highest BCUT2D eigenvalue weighted by Gasteiger charge is 2.53. The molecule has 0 atom stereocenters. The Labute approximate surface area is 231 Å². The van der Waals surface area contributed by atoms with Crippen LogP contribution in [0, 0.1) is 0 Å². The number of hydrogen-bond donors (Lipinski definition) is 0. The summed E-state index contributed by atoms with van der Waals surface area (Å²) >= 11 is 0. The van der Waals surface area contributed by atoms with Gasteiger partial charge in [0.2, 0.25) is 14.9 Å². The van der Waals surface area contributed by atoms with Crippen molar-refractivity contribution in [3.05, 3.63) is 0 Å². The average molecular weight is 613 g/mol. The molecule has 0 fully saturated rings. The Morgan fingerprint density at radius 2 is 0.686 bits per heavy atom. The molecule has 0 aliphatic heterocycles. The summed E-state index contributed by atoms with van der Waals surface area (Å²) in [6, 6.07) is 13.5. The van der Waals surface area contributed by atoms with Gasteiger partial charge in [-0.05, 0) is 72.5 Å². The maximum Gasteiger partial charge on any atom is 0.317 e. The van der Waals surface area contributed by atoms with E-state index in [4.69, 9.17) is 16.5 Å². The van der Waals surface area contributed by atoms with Crippen LogP contribution in [0.2, 0.25) is 72.5 Å². The molecule has 0 aliphatic rings. The molecule has 0 aromatic rings. The monoisotopic (exact) mass is 612 g/mol. The van der Waals surface area contributed by atoms with Crippen LogP contribution in [0.3, 0.4) is 0 Å². The van der Waals surface area contributed by atoms with E-state index in [-0.39, 0.29) is 0 Å². The van der Waals surface area contributed by atoms with Gasteiger partial charge in [-0.2, -0.15) is 10.7 Å². The molecule has 0 aliphatic carbocycles. The molecule has 0 heterocycles. The van der Waals surface area contributed by atoms with Gasteiger partial charge in [0.25, 0.3) is 0 Å². The van der Waals surface area contributed by atoms with Gasteiger partial charge in [-0.1, -0.05) is 83.1 Å². The van der Waals surface area contributed by atoms with Crippen LogP contribution in [-0.4, -0.2) is 50.1 Å². The first-order chi connectivity index (χ1) is 16.6. The van der Waals surface area contributed by atoms with Crippen LogP contribution in [0.15, 0.2) is 0 Å². The van der Waals surface area contributed by atoms with Gasteiger partial charge in [-0.3, -0.25) is 0 Å². The van der Waals surface area contributed by atoms with Crippen molar-refractivity contribution < 1.29 is 16.5 Å². The molecule has 0 saturated heterocycles. The maximum atomic E-state index is 7.50. The van der Waals surface area contributed by atoms with Crippen LogP contribution in [0.25, 0.3) is 0 Å². The Balaban J connectivity index is 6.29. The van der Waals surface area contributed by atoms with Crippen molar-refractivity contribution in [2.75, 3.05) is 0 Å². The summed E-state index contributed by atoms with van der Waals surface area (Å²) in [6.07, 6.45) is 0. The minimum atomic E-state index is -2.23. The maximum absolute atomic E-state index is 7.50. The Morgan fingerprint density at radius 3 is 0.857 bits per heavy atom. The van der Waals surface area contributed by atoms with Crippen LogP contribution in [0.5, 0.6) is 0 Å². The molecule has 0 spiro atoms. The topological polar surface area (TPSA) is 36.9 Å². The zero-order valence-electron chi connectivity index (χ0n) is 25.5. The summed E-state index contributed by atoms with van der Waals surface area (Å²) < 4.78 is 29.0. The molecule has 0 saturated carbocycles. The van der Waals surface area contributed by atoms with Gasteiger partial charge in [0.1, 0.15) is 0 Å².